The Labute approximate surface area is 116 Å². The molecule has 0 radical (unpaired) electrons. The molecule has 0 spiro atoms. The Morgan fingerprint density at radius 1 is 1.21 bits per heavy atom. The Hall–Kier alpha value is -1.35. The highest BCUT2D eigenvalue weighted by Crippen LogP contribution is 2.19. The van der Waals surface area contributed by atoms with Gasteiger partial charge in [-0.15, -0.1) is 0 Å². The van der Waals surface area contributed by atoms with E-state index in [1.165, 1.54) is 35.9 Å². The van der Waals surface area contributed by atoms with Gasteiger partial charge in [-0.3, -0.25) is 4.68 Å². The molecule has 0 fully saturated rings. The molecule has 2 rings (SSSR count). The summed E-state index contributed by atoms with van der Waals surface area (Å²) in [5.74, 6) is 0. The largest absolute Gasteiger partial charge is 0.314 e. The number of rotatable bonds is 7. The lowest BCUT2D eigenvalue weighted by Gasteiger charge is -2.16. The van der Waals surface area contributed by atoms with Crippen LogP contribution in [0.25, 0.3) is 10.9 Å². The van der Waals surface area contributed by atoms with Crippen molar-refractivity contribution in [1.82, 2.24) is 15.1 Å². The molecular formula is C16H25N3. The molecule has 0 bridgehead atoms. The minimum absolute atomic E-state index is 0.545. The third kappa shape index (κ3) is 3.35. The summed E-state index contributed by atoms with van der Waals surface area (Å²) < 4.78 is 1.99. The van der Waals surface area contributed by atoms with Gasteiger partial charge in [-0.25, -0.2) is 0 Å². The molecular weight excluding hydrogens is 234 g/mol. The van der Waals surface area contributed by atoms with Crippen LogP contribution >= 0.6 is 0 Å². The van der Waals surface area contributed by atoms with Crippen LogP contribution in [0.2, 0.25) is 0 Å². The number of nitrogens with zero attached hydrogens (tertiary/aromatic N) is 2. The highest BCUT2D eigenvalue weighted by atomic mass is 15.3. The van der Waals surface area contributed by atoms with E-state index in [9.17, 15) is 0 Å². The molecule has 0 saturated heterocycles. The first-order chi connectivity index (χ1) is 9.26. The molecule has 0 aliphatic heterocycles. The first kappa shape index (κ1) is 14.1. The molecule has 1 aromatic carbocycles. The van der Waals surface area contributed by atoms with E-state index in [0.717, 1.165) is 13.0 Å². The van der Waals surface area contributed by atoms with E-state index in [1.54, 1.807) is 0 Å². The molecule has 19 heavy (non-hydrogen) atoms. The zero-order chi connectivity index (χ0) is 13.7. The fourth-order valence-corrected chi connectivity index (χ4v) is 2.65. The third-order valence-corrected chi connectivity index (χ3v) is 3.59. The highest BCUT2D eigenvalue weighted by Gasteiger charge is 2.13. The van der Waals surface area contributed by atoms with E-state index in [2.05, 4.69) is 43.4 Å². The standard InChI is InChI=1S/C16H25N3/c1-4-8-13(17-11-5-2)12-15-14-9-6-7-10-16(14)19(3)18-15/h6-7,9-10,13,17H,4-5,8,11-12H2,1-3H3. The van der Waals surface area contributed by atoms with Gasteiger partial charge in [0.15, 0.2) is 0 Å². The molecule has 1 N–H and O–H groups in total. The van der Waals surface area contributed by atoms with Gasteiger partial charge in [0.2, 0.25) is 0 Å². The van der Waals surface area contributed by atoms with Gasteiger partial charge in [-0.2, -0.15) is 5.10 Å². The smallest absolute Gasteiger partial charge is 0.0718 e. The molecule has 1 unspecified atom stereocenters. The Morgan fingerprint density at radius 2 is 2.00 bits per heavy atom. The lowest BCUT2D eigenvalue weighted by Crippen LogP contribution is -2.31. The second-order valence-electron chi connectivity index (χ2n) is 5.23. The summed E-state index contributed by atoms with van der Waals surface area (Å²) in [4.78, 5) is 0. The van der Waals surface area contributed by atoms with Crippen molar-refractivity contribution in [3.8, 4) is 0 Å². The molecule has 1 aromatic heterocycles. The lowest BCUT2D eigenvalue weighted by atomic mass is 10.0. The van der Waals surface area contributed by atoms with Gasteiger partial charge < -0.3 is 5.32 Å². The van der Waals surface area contributed by atoms with Crippen LogP contribution in [0.5, 0.6) is 0 Å². The van der Waals surface area contributed by atoms with Crippen molar-refractivity contribution in [2.24, 2.45) is 7.05 Å². The van der Waals surface area contributed by atoms with Crippen LogP contribution < -0.4 is 5.32 Å². The number of para-hydroxylation sites is 1. The summed E-state index contributed by atoms with van der Waals surface area (Å²) in [7, 11) is 2.03. The minimum atomic E-state index is 0.545. The topological polar surface area (TPSA) is 29.9 Å². The summed E-state index contributed by atoms with van der Waals surface area (Å²) in [5.41, 5.74) is 2.45. The number of hydrogen-bond acceptors (Lipinski definition) is 2. The Morgan fingerprint density at radius 3 is 2.74 bits per heavy atom. The minimum Gasteiger partial charge on any atom is -0.314 e. The van der Waals surface area contributed by atoms with Crippen molar-refractivity contribution in [1.29, 1.82) is 0 Å². The maximum atomic E-state index is 4.70. The second-order valence-corrected chi connectivity index (χ2v) is 5.23. The van der Waals surface area contributed by atoms with Crippen molar-refractivity contribution in [2.45, 2.75) is 45.6 Å². The molecule has 2 aromatic rings. The van der Waals surface area contributed by atoms with Crippen LogP contribution in [-0.2, 0) is 13.5 Å². The van der Waals surface area contributed by atoms with E-state index >= 15 is 0 Å². The molecule has 0 aliphatic rings. The van der Waals surface area contributed by atoms with Crippen LogP contribution in [0.3, 0.4) is 0 Å². The number of fused-ring (bicyclic) bond motifs is 1. The van der Waals surface area contributed by atoms with Gasteiger partial charge in [0, 0.05) is 24.9 Å². The average molecular weight is 259 g/mol. The number of hydrogen-bond donors (Lipinski definition) is 1. The average Bonchev–Trinajstić information content (AvgIpc) is 2.74. The zero-order valence-electron chi connectivity index (χ0n) is 12.3. The number of aryl methyl sites for hydroxylation is 1. The first-order valence-corrected chi connectivity index (χ1v) is 7.40. The van der Waals surface area contributed by atoms with Crippen molar-refractivity contribution in [3.05, 3.63) is 30.0 Å². The molecule has 3 heteroatoms. The van der Waals surface area contributed by atoms with E-state index in [-0.39, 0.29) is 0 Å². The summed E-state index contributed by atoms with van der Waals surface area (Å²) in [6, 6.07) is 9.04. The van der Waals surface area contributed by atoms with Gasteiger partial charge >= 0.3 is 0 Å². The van der Waals surface area contributed by atoms with Crippen molar-refractivity contribution >= 4 is 10.9 Å². The van der Waals surface area contributed by atoms with E-state index in [4.69, 9.17) is 5.10 Å². The Balaban J connectivity index is 2.18. The SMILES string of the molecule is CCCNC(CCC)Cc1nn(C)c2ccccc12. The summed E-state index contributed by atoms with van der Waals surface area (Å²) >= 11 is 0. The lowest BCUT2D eigenvalue weighted by molar-refractivity contribution is 0.468. The predicted molar refractivity (Wildman–Crippen MR) is 81.4 cm³/mol. The van der Waals surface area contributed by atoms with E-state index in [0.29, 0.717) is 6.04 Å². The van der Waals surface area contributed by atoms with Gasteiger partial charge in [-0.1, -0.05) is 38.5 Å². The molecule has 0 amide bonds. The van der Waals surface area contributed by atoms with Crippen molar-refractivity contribution < 1.29 is 0 Å². The van der Waals surface area contributed by atoms with Crippen LogP contribution in [0, 0.1) is 0 Å². The number of nitrogens with one attached hydrogen (secondary N) is 1. The molecule has 104 valence electrons. The van der Waals surface area contributed by atoms with Gasteiger partial charge in [-0.05, 0) is 25.5 Å². The monoisotopic (exact) mass is 259 g/mol. The first-order valence-electron chi connectivity index (χ1n) is 7.40. The maximum Gasteiger partial charge on any atom is 0.0718 e. The van der Waals surface area contributed by atoms with E-state index < -0.39 is 0 Å². The molecule has 1 atom stereocenters. The molecule has 0 saturated carbocycles. The Bertz CT molecular complexity index is 516. The third-order valence-electron chi connectivity index (χ3n) is 3.59. The maximum absolute atomic E-state index is 4.70. The second kappa shape index (κ2) is 6.71. The normalized spacial score (nSPS) is 13.0. The van der Waals surface area contributed by atoms with Crippen LogP contribution in [-0.4, -0.2) is 22.4 Å². The van der Waals surface area contributed by atoms with Gasteiger partial charge in [0.05, 0.1) is 11.2 Å². The van der Waals surface area contributed by atoms with Crippen molar-refractivity contribution in [2.75, 3.05) is 6.54 Å². The highest BCUT2D eigenvalue weighted by molar-refractivity contribution is 5.81. The van der Waals surface area contributed by atoms with Gasteiger partial charge in [0.1, 0.15) is 0 Å². The van der Waals surface area contributed by atoms with Gasteiger partial charge in [0.25, 0.3) is 0 Å². The fraction of sp³-hybridized carbons (Fsp3) is 0.562. The van der Waals surface area contributed by atoms with Crippen LogP contribution in [0.1, 0.15) is 38.8 Å². The molecule has 0 aliphatic carbocycles. The summed E-state index contributed by atoms with van der Waals surface area (Å²) in [6.45, 7) is 5.55. The van der Waals surface area contributed by atoms with E-state index in [1.807, 2.05) is 11.7 Å². The van der Waals surface area contributed by atoms with Crippen molar-refractivity contribution in [3.63, 3.8) is 0 Å². The number of benzene rings is 1. The van der Waals surface area contributed by atoms with Crippen LogP contribution in [0.15, 0.2) is 24.3 Å². The molecule has 3 nitrogen and oxygen atoms in total. The summed E-state index contributed by atoms with van der Waals surface area (Å²) in [6.07, 6.45) is 4.63. The zero-order valence-corrected chi connectivity index (χ0v) is 12.3. The fourth-order valence-electron chi connectivity index (χ4n) is 2.65. The quantitative estimate of drug-likeness (QED) is 0.827. The molecule has 1 heterocycles. The van der Waals surface area contributed by atoms with Crippen LogP contribution in [0.4, 0.5) is 0 Å². The Kier molecular flexibility index (Phi) is 4.97. The number of aromatic nitrogens is 2. The summed E-state index contributed by atoms with van der Waals surface area (Å²) in [5, 5.41) is 9.64. The predicted octanol–water partition coefficient (Wildman–Crippen LogP) is 3.28.